The van der Waals surface area contributed by atoms with Crippen molar-refractivity contribution in [2.24, 2.45) is 5.92 Å². The van der Waals surface area contributed by atoms with E-state index in [1.807, 2.05) is 6.92 Å². The maximum absolute atomic E-state index is 12.8. The van der Waals surface area contributed by atoms with Crippen molar-refractivity contribution in [3.8, 4) is 0 Å². The minimum atomic E-state index is -0.784. The first-order valence-corrected chi connectivity index (χ1v) is 5.50. The fourth-order valence-electron chi connectivity index (χ4n) is 1.20. The summed E-state index contributed by atoms with van der Waals surface area (Å²) in [5.74, 6) is -1.15. The molecule has 0 aromatic heterocycles. The molecule has 0 spiro atoms. The Hall–Kier alpha value is -0.440. The van der Waals surface area contributed by atoms with E-state index in [9.17, 15) is 8.78 Å². The summed E-state index contributed by atoms with van der Waals surface area (Å²) < 4.78 is 25.5. The standard InChI is InChI=1S/C11H13BrF2/c1-7(8(2)12)5-9-3-4-10(13)11(14)6-9/h3-4,6-8H,5H2,1-2H3. The normalized spacial score (nSPS) is 15.2. The van der Waals surface area contributed by atoms with Gasteiger partial charge in [-0.15, -0.1) is 0 Å². The van der Waals surface area contributed by atoms with Crippen molar-refractivity contribution < 1.29 is 8.78 Å². The van der Waals surface area contributed by atoms with Gasteiger partial charge in [-0.05, 0) is 30.0 Å². The molecule has 3 heteroatoms. The molecule has 2 atom stereocenters. The first-order valence-electron chi connectivity index (χ1n) is 4.58. The number of benzene rings is 1. The van der Waals surface area contributed by atoms with Gasteiger partial charge in [0.25, 0.3) is 0 Å². The average molecular weight is 263 g/mol. The zero-order chi connectivity index (χ0) is 10.7. The average Bonchev–Trinajstić information content (AvgIpc) is 2.11. The summed E-state index contributed by atoms with van der Waals surface area (Å²) in [6.07, 6.45) is 0.754. The van der Waals surface area contributed by atoms with E-state index < -0.39 is 11.6 Å². The van der Waals surface area contributed by atoms with Gasteiger partial charge in [-0.3, -0.25) is 0 Å². The zero-order valence-corrected chi connectivity index (χ0v) is 9.81. The molecule has 0 radical (unpaired) electrons. The molecule has 0 fully saturated rings. The molecule has 0 amide bonds. The summed E-state index contributed by atoms with van der Waals surface area (Å²) in [5.41, 5.74) is 0.836. The zero-order valence-electron chi connectivity index (χ0n) is 8.23. The molecular weight excluding hydrogens is 250 g/mol. The molecular formula is C11H13BrF2. The maximum Gasteiger partial charge on any atom is 0.159 e. The molecule has 0 saturated carbocycles. The van der Waals surface area contributed by atoms with Crippen LogP contribution in [0.15, 0.2) is 18.2 Å². The van der Waals surface area contributed by atoms with Crippen LogP contribution in [-0.2, 0) is 6.42 Å². The summed E-state index contributed by atoms with van der Waals surface area (Å²) in [5, 5.41) is 0. The van der Waals surface area contributed by atoms with Crippen LogP contribution in [0, 0.1) is 17.6 Å². The van der Waals surface area contributed by atoms with E-state index >= 15 is 0 Å². The molecule has 1 aromatic carbocycles. The third kappa shape index (κ3) is 3.05. The van der Waals surface area contributed by atoms with Crippen LogP contribution >= 0.6 is 15.9 Å². The second kappa shape index (κ2) is 4.87. The predicted octanol–water partition coefficient (Wildman–Crippen LogP) is 3.93. The molecule has 14 heavy (non-hydrogen) atoms. The number of hydrogen-bond donors (Lipinski definition) is 0. The van der Waals surface area contributed by atoms with Gasteiger partial charge in [0, 0.05) is 4.83 Å². The van der Waals surface area contributed by atoms with Gasteiger partial charge in [0.15, 0.2) is 11.6 Å². The predicted molar refractivity (Wildman–Crippen MR) is 57.6 cm³/mol. The minimum absolute atomic E-state index is 0.371. The van der Waals surface area contributed by atoms with E-state index in [1.54, 1.807) is 6.07 Å². The lowest BCUT2D eigenvalue weighted by Gasteiger charge is -2.13. The van der Waals surface area contributed by atoms with Crippen LogP contribution in [0.4, 0.5) is 8.78 Å². The minimum Gasteiger partial charge on any atom is -0.204 e. The Bertz CT molecular complexity index is 310. The van der Waals surface area contributed by atoms with Gasteiger partial charge in [0.2, 0.25) is 0 Å². The third-order valence-corrected chi connectivity index (χ3v) is 3.23. The fourth-order valence-corrected chi connectivity index (χ4v) is 1.39. The van der Waals surface area contributed by atoms with Crippen molar-refractivity contribution in [2.75, 3.05) is 0 Å². The van der Waals surface area contributed by atoms with Crippen molar-refractivity contribution in [1.82, 2.24) is 0 Å². The van der Waals surface area contributed by atoms with Crippen molar-refractivity contribution in [1.29, 1.82) is 0 Å². The van der Waals surface area contributed by atoms with Crippen molar-refractivity contribution in [3.63, 3.8) is 0 Å². The Morgan fingerprint density at radius 3 is 2.36 bits per heavy atom. The van der Waals surface area contributed by atoms with Gasteiger partial charge in [0.05, 0.1) is 0 Å². The highest BCUT2D eigenvalue weighted by atomic mass is 79.9. The van der Waals surface area contributed by atoms with Crippen molar-refractivity contribution in [3.05, 3.63) is 35.4 Å². The van der Waals surface area contributed by atoms with Crippen molar-refractivity contribution >= 4 is 15.9 Å². The Balaban J connectivity index is 2.73. The number of hydrogen-bond acceptors (Lipinski definition) is 0. The number of rotatable bonds is 3. The number of halogens is 3. The monoisotopic (exact) mass is 262 g/mol. The second-order valence-corrected chi connectivity index (χ2v) is 5.05. The highest BCUT2D eigenvalue weighted by molar-refractivity contribution is 9.09. The summed E-state index contributed by atoms with van der Waals surface area (Å²) in [4.78, 5) is 0.371. The lowest BCUT2D eigenvalue weighted by molar-refractivity contribution is 0.503. The number of alkyl halides is 1. The summed E-state index contributed by atoms with van der Waals surface area (Å²) >= 11 is 3.46. The van der Waals surface area contributed by atoms with E-state index in [4.69, 9.17) is 0 Å². The highest BCUT2D eigenvalue weighted by Crippen LogP contribution is 2.18. The molecule has 0 nitrogen and oxygen atoms in total. The van der Waals surface area contributed by atoms with E-state index in [1.165, 1.54) is 12.1 Å². The molecule has 0 heterocycles. The molecule has 0 bridgehead atoms. The van der Waals surface area contributed by atoms with Crippen LogP contribution in [-0.4, -0.2) is 4.83 Å². The van der Waals surface area contributed by atoms with Gasteiger partial charge in [-0.25, -0.2) is 8.78 Å². The van der Waals surface area contributed by atoms with Gasteiger partial charge in [-0.1, -0.05) is 35.8 Å². The van der Waals surface area contributed by atoms with Crippen molar-refractivity contribution in [2.45, 2.75) is 25.1 Å². The fraction of sp³-hybridized carbons (Fsp3) is 0.455. The maximum atomic E-state index is 12.8. The summed E-state index contributed by atoms with van der Waals surface area (Å²) in [6.45, 7) is 4.12. The van der Waals surface area contributed by atoms with Gasteiger partial charge >= 0.3 is 0 Å². The molecule has 0 aliphatic heterocycles. The molecule has 78 valence electrons. The Morgan fingerprint density at radius 2 is 1.86 bits per heavy atom. The van der Waals surface area contributed by atoms with E-state index in [0.29, 0.717) is 10.7 Å². The second-order valence-electron chi connectivity index (χ2n) is 3.61. The first-order chi connectivity index (χ1) is 6.50. The lowest BCUT2D eigenvalue weighted by atomic mass is 9.99. The molecule has 0 aliphatic rings. The third-order valence-electron chi connectivity index (χ3n) is 2.33. The van der Waals surface area contributed by atoms with Crippen LogP contribution < -0.4 is 0 Å². The molecule has 2 unspecified atom stereocenters. The molecule has 0 N–H and O–H groups in total. The largest absolute Gasteiger partial charge is 0.204 e. The smallest absolute Gasteiger partial charge is 0.159 e. The van der Waals surface area contributed by atoms with Gasteiger partial charge in [-0.2, -0.15) is 0 Å². The van der Waals surface area contributed by atoms with Crippen LogP contribution in [0.3, 0.4) is 0 Å². The highest BCUT2D eigenvalue weighted by Gasteiger charge is 2.10. The van der Waals surface area contributed by atoms with Gasteiger partial charge < -0.3 is 0 Å². The van der Waals surface area contributed by atoms with Crippen LogP contribution in [0.5, 0.6) is 0 Å². The van der Waals surface area contributed by atoms with E-state index in [-0.39, 0.29) is 0 Å². The first kappa shape index (κ1) is 11.6. The van der Waals surface area contributed by atoms with Crippen LogP contribution in [0.25, 0.3) is 0 Å². The molecule has 1 rings (SSSR count). The summed E-state index contributed by atoms with van der Waals surface area (Å²) in [6, 6.07) is 4.07. The molecule has 0 aliphatic carbocycles. The topological polar surface area (TPSA) is 0 Å². The SMILES string of the molecule is CC(Br)C(C)Cc1ccc(F)c(F)c1. The lowest BCUT2D eigenvalue weighted by Crippen LogP contribution is -2.09. The van der Waals surface area contributed by atoms with Crippen LogP contribution in [0.1, 0.15) is 19.4 Å². The van der Waals surface area contributed by atoms with Crippen LogP contribution in [0.2, 0.25) is 0 Å². The van der Waals surface area contributed by atoms with E-state index in [0.717, 1.165) is 12.0 Å². The molecule has 1 aromatic rings. The Labute approximate surface area is 91.5 Å². The molecule has 0 saturated heterocycles. The Kier molecular flexibility index (Phi) is 4.05. The van der Waals surface area contributed by atoms with E-state index in [2.05, 4.69) is 22.9 Å². The quantitative estimate of drug-likeness (QED) is 0.725. The Morgan fingerprint density at radius 1 is 1.21 bits per heavy atom. The summed E-state index contributed by atoms with van der Waals surface area (Å²) in [7, 11) is 0. The van der Waals surface area contributed by atoms with Gasteiger partial charge in [0.1, 0.15) is 0 Å².